The smallest absolute Gasteiger partial charge is 0.252 e. The van der Waals surface area contributed by atoms with E-state index in [9.17, 15) is 14.4 Å². The zero-order valence-electron chi connectivity index (χ0n) is 15.8. The number of nitrogens with zero attached hydrogens (tertiary/aromatic N) is 1. The van der Waals surface area contributed by atoms with Crippen molar-refractivity contribution in [1.29, 1.82) is 0 Å². The van der Waals surface area contributed by atoms with Crippen LogP contribution < -0.4 is 10.9 Å². The van der Waals surface area contributed by atoms with Crippen molar-refractivity contribution in [2.24, 2.45) is 5.41 Å². The molecule has 0 bridgehead atoms. The predicted octanol–water partition coefficient (Wildman–Crippen LogP) is 2.47. The van der Waals surface area contributed by atoms with Gasteiger partial charge in [-0.25, -0.2) is 0 Å². The van der Waals surface area contributed by atoms with E-state index in [0.717, 1.165) is 31.2 Å². The fraction of sp³-hybridized carbons (Fsp3) is 0.409. The molecule has 2 aliphatic rings. The van der Waals surface area contributed by atoms with Crippen molar-refractivity contribution < 1.29 is 9.59 Å². The maximum Gasteiger partial charge on any atom is 0.252 e. The van der Waals surface area contributed by atoms with Gasteiger partial charge >= 0.3 is 0 Å². The number of likely N-dealkylation sites (tertiary alicyclic amines) is 1. The number of benzene rings is 1. The van der Waals surface area contributed by atoms with Crippen LogP contribution in [-0.2, 0) is 11.3 Å². The highest BCUT2D eigenvalue weighted by molar-refractivity contribution is 5.93. The highest BCUT2D eigenvalue weighted by Gasteiger charge is 2.50. The van der Waals surface area contributed by atoms with E-state index < -0.39 is 0 Å². The number of rotatable bonds is 5. The van der Waals surface area contributed by atoms with Crippen LogP contribution in [0.5, 0.6) is 0 Å². The van der Waals surface area contributed by atoms with E-state index in [2.05, 4.69) is 22.4 Å². The quantitative estimate of drug-likeness (QED) is 0.837. The molecule has 1 aromatic carbocycles. The second-order valence-corrected chi connectivity index (χ2v) is 7.90. The van der Waals surface area contributed by atoms with E-state index in [1.165, 1.54) is 18.3 Å². The maximum absolute atomic E-state index is 12.7. The number of hydrogen-bond donors (Lipinski definition) is 2. The van der Waals surface area contributed by atoms with Gasteiger partial charge in [0.2, 0.25) is 11.5 Å². The standard InChI is InChI=1S/C22H25N3O3/c26-19-9-8-17(13-23-19)21(28)24-15-22-11-4-7-18(22)25(20(27)10-12-22)14-16-5-2-1-3-6-16/h1-3,5-6,8-9,13,18H,4,7,10-12,14-15H2,(H,23,26)(H,24,28)/t18-,22+/m1/s1. The van der Waals surface area contributed by atoms with Gasteiger partial charge in [0.25, 0.3) is 5.91 Å². The molecule has 1 aliphatic heterocycles. The molecule has 1 aliphatic carbocycles. The highest BCUT2D eigenvalue weighted by Crippen LogP contribution is 2.48. The Morgan fingerprint density at radius 1 is 1.14 bits per heavy atom. The molecule has 28 heavy (non-hydrogen) atoms. The zero-order valence-corrected chi connectivity index (χ0v) is 15.8. The lowest BCUT2D eigenvalue weighted by Crippen LogP contribution is -2.55. The normalized spacial score (nSPS) is 24.1. The van der Waals surface area contributed by atoms with E-state index in [4.69, 9.17) is 0 Å². The topological polar surface area (TPSA) is 82.3 Å². The number of carbonyl (C=O) groups excluding carboxylic acids is 2. The average Bonchev–Trinajstić information content (AvgIpc) is 3.14. The molecule has 6 nitrogen and oxygen atoms in total. The van der Waals surface area contributed by atoms with Gasteiger partial charge in [0.1, 0.15) is 0 Å². The third kappa shape index (κ3) is 3.59. The number of aromatic amines is 1. The summed E-state index contributed by atoms with van der Waals surface area (Å²) in [5.41, 5.74) is 1.28. The molecule has 2 amide bonds. The van der Waals surface area contributed by atoms with Crippen molar-refractivity contribution in [3.63, 3.8) is 0 Å². The summed E-state index contributed by atoms with van der Waals surface area (Å²) in [6, 6.07) is 13.1. The summed E-state index contributed by atoms with van der Waals surface area (Å²) < 4.78 is 0. The Morgan fingerprint density at radius 3 is 2.71 bits per heavy atom. The lowest BCUT2D eigenvalue weighted by atomic mass is 9.74. The molecule has 0 unspecified atom stereocenters. The number of piperidine rings is 1. The number of aromatic nitrogens is 1. The largest absolute Gasteiger partial charge is 0.351 e. The van der Waals surface area contributed by atoms with E-state index in [-0.39, 0.29) is 28.8 Å². The van der Waals surface area contributed by atoms with Gasteiger partial charge in [0, 0.05) is 43.2 Å². The minimum Gasteiger partial charge on any atom is -0.351 e. The molecule has 0 radical (unpaired) electrons. The maximum atomic E-state index is 12.7. The molecule has 2 atom stereocenters. The zero-order chi connectivity index (χ0) is 19.6. The lowest BCUT2D eigenvalue weighted by Gasteiger charge is -2.46. The van der Waals surface area contributed by atoms with Crippen molar-refractivity contribution in [2.75, 3.05) is 6.54 Å². The third-order valence-corrected chi connectivity index (χ3v) is 6.24. The SMILES string of the molecule is O=C(NC[C@@]12CCC[C@H]1N(Cc1ccccc1)C(=O)CC2)c1ccc(=O)[nH]c1. The molecule has 4 rings (SSSR count). The number of amides is 2. The first-order chi connectivity index (χ1) is 13.6. The third-order valence-electron chi connectivity index (χ3n) is 6.24. The number of carbonyl (C=O) groups is 2. The van der Waals surface area contributed by atoms with Crippen LogP contribution in [0.3, 0.4) is 0 Å². The van der Waals surface area contributed by atoms with Gasteiger partial charge in [-0.15, -0.1) is 0 Å². The van der Waals surface area contributed by atoms with Gasteiger partial charge < -0.3 is 15.2 Å². The van der Waals surface area contributed by atoms with Crippen molar-refractivity contribution in [3.8, 4) is 0 Å². The Kier molecular flexibility index (Phi) is 5.03. The summed E-state index contributed by atoms with van der Waals surface area (Å²) in [5, 5.41) is 3.05. The summed E-state index contributed by atoms with van der Waals surface area (Å²) >= 11 is 0. The number of nitrogens with one attached hydrogen (secondary N) is 2. The summed E-state index contributed by atoms with van der Waals surface area (Å²) in [6.45, 7) is 1.17. The van der Waals surface area contributed by atoms with Gasteiger partial charge in [-0.3, -0.25) is 14.4 Å². The summed E-state index contributed by atoms with van der Waals surface area (Å²) in [4.78, 5) is 40.9. The van der Waals surface area contributed by atoms with Crippen LogP contribution in [0, 0.1) is 5.41 Å². The highest BCUT2D eigenvalue weighted by atomic mass is 16.2. The van der Waals surface area contributed by atoms with Crippen LogP contribution in [0.1, 0.15) is 48.0 Å². The molecular formula is C22H25N3O3. The van der Waals surface area contributed by atoms with Crippen molar-refractivity contribution in [2.45, 2.75) is 44.7 Å². The van der Waals surface area contributed by atoms with E-state index in [1.54, 1.807) is 0 Å². The van der Waals surface area contributed by atoms with E-state index in [1.807, 2.05) is 23.1 Å². The molecule has 2 fully saturated rings. The Morgan fingerprint density at radius 2 is 1.96 bits per heavy atom. The Labute approximate surface area is 164 Å². The van der Waals surface area contributed by atoms with Crippen molar-refractivity contribution >= 4 is 11.8 Å². The first kappa shape index (κ1) is 18.5. The molecule has 1 aromatic heterocycles. The van der Waals surface area contributed by atoms with Gasteiger partial charge in [0.15, 0.2) is 0 Å². The molecule has 2 aromatic rings. The fourth-order valence-electron chi connectivity index (χ4n) is 4.75. The van der Waals surface area contributed by atoms with Crippen LogP contribution >= 0.6 is 0 Å². The summed E-state index contributed by atoms with van der Waals surface area (Å²) in [7, 11) is 0. The van der Waals surface area contributed by atoms with Crippen LogP contribution in [0.25, 0.3) is 0 Å². The minimum atomic E-state index is -0.228. The number of H-pyrrole nitrogens is 1. The number of hydrogen-bond acceptors (Lipinski definition) is 3. The molecule has 2 N–H and O–H groups in total. The van der Waals surface area contributed by atoms with Crippen LogP contribution in [-0.4, -0.2) is 34.3 Å². The lowest BCUT2D eigenvalue weighted by molar-refractivity contribution is -0.142. The van der Waals surface area contributed by atoms with Gasteiger partial charge in [0.05, 0.1) is 5.56 Å². The number of fused-ring (bicyclic) bond motifs is 1. The van der Waals surface area contributed by atoms with Crippen molar-refractivity contribution in [3.05, 3.63) is 70.1 Å². The molecule has 1 saturated carbocycles. The monoisotopic (exact) mass is 379 g/mol. The molecular weight excluding hydrogens is 354 g/mol. The Hall–Kier alpha value is -2.89. The summed E-state index contributed by atoms with van der Waals surface area (Å²) in [6.07, 6.45) is 5.84. The first-order valence-electron chi connectivity index (χ1n) is 9.88. The molecule has 2 heterocycles. The Bertz CT molecular complexity index is 904. The summed E-state index contributed by atoms with van der Waals surface area (Å²) in [5.74, 6) is 0.0149. The molecule has 6 heteroatoms. The average molecular weight is 379 g/mol. The number of pyridine rings is 1. The van der Waals surface area contributed by atoms with Crippen LogP contribution in [0.2, 0.25) is 0 Å². The van der Waals surface area contributed by atoms with E-state index >= 15 is 0 Å². The minimum absolute atomic E-state index is 0.0689. The van der Waals surface area contributed by atoms with Crippen LogP contribution in [0.4, 0.5) is 0 Å². The second-order valence-electron chi connectivity index (χ2n) is 7.90. The predicted molar refractivity (Wildman–Crippen MR) is 106 cm³/mol. The van der Waals surface area contributed by atoms with Gasteiger partial charge in [-0.2, -0.15) is 0 Å². The van der Waals surface area contributed by atoms with Gasteiger partial charge in [-0.05, 0) is 30.9 Å². The fourth-order valence-corrected chi connectivity index (χ4v) is 4.75. The molecule has 146 valence electrons. The van der Waals surface area contributed by atoms with Crippen molar-refractivity contribution in [1.82, 2.24) is 15.2 Å². The second kappa shape index (κ2) is 7.62. The first-order valence-corrected chi connectivity index (χ1v) is 9.88. The van der Waals surface area contributed by atoms with E-state index in [0.29, 0.717) is 25.1 Å². The Balaban J connectivity index is 1.49. The van der Waals surface area contributed by atoms with Gasteiger partial charge in [-0.1, -0.05) is 36.8 Å². The molecule has 0 spiro atoms. The van der Waals surface area contributed by atoms with Crippen LogP contribution in [0.15, 0.2) is 53.5 Å². The molecule has 1 saturated heterocycles.